The van der Waals surface area contributed by atoms with Crippen molar-refractivity contribution in [3.05, 3.63) is 18.0 Å². The lowest BCUT2D eigenvalue weighted by Gasteiger charge is -2.24. The van der Waals surface area contributed by atoms with Gasteiger partial charge in [0.05, 0.1) is 17.6 Å². The van der Waals surface area contributed by atoms with Gasteiger partial charge in [-0.3, -0.25) is 0 Å². The Hall–Kier alpha value is -1.82. The second-order valence-corrected chi connectivity index (χ2v) is 6.45. The van der Waals surface area contributed by atoms with Gasteiger partial charge in [-0.2, -0.15) is 0 Å². The van der Waals surface area contributed by atoms with Crippen molar-refractivity contribution < 1.29 is 0 Å². The van der Waals surface area contributed by atoms with Crippen LogP contribution >= 0.6 is 0 Å². The van der Waals surface area contributed by atoms with Crippen molar-refractivity contribution in [1.82, 2.24) is 14.6 Å². The Morgan fingerprint density at radius 2 is 1.90 bits per heavy atom. The van der Waals surface area contributed by atoms with Crippen molar-refractivity contribution in [2.75, 3.05) is 11.1 Å². The summed E-state index contributed by atoms with van der Waals surface area (Å²) in [6.07, 6.45) is 8.89. The van der Waals surface area contributed by atoms with Gasteiger partial charge in [0.2, 0.25) is 0 Å². The molecule has 21 heavy (non-hydrogen) atoms. The molecule has 5 N–H and O–H groups in total. The maximum absolute atomic E-state index is 5.99. The van der Waals surface area contributed by atoms with E-state index in [-0.39, 0.29) is 0 Å². The Morgan fingerprint density at radius 1 is 1.14 bits per heavy atom. The van der Waals surface area contributed by atoms with Crippen LogP contribution in [-0.4, -0.2) is 26.7 Å². The topological polar surface area (TPSA) is 94.3 Å². The third-order valence-electron chi connectivity index (χ3n) is 4.59. The summed E-state index contributed by atoms with van der Waals surface area (Å²) in [7, 11) is 0. The predicted molar refractivity (Wildman–Crippen MR) is 83.2 cm³/mol. The molecule has 6 nitrogen and oxygen atoms in total. The number of nitrogens with one attached hydrogen (secondary N) is 1. The number of anilines is 2. The van der Waals surface area contributed by atoms with E-state index >= 15 is 0 Å². The van der Waals surface area contributed by atoms with E-state index in [1.165, 1.54) is 12.8 Å². The second-order valence-electron chi connectivity index (χ2n) is 6.45. The minimum atomic E-state index is 0.360. The van der Waals surface area contributed by atoms with E-state index in [2.05, 4.69) is 10.4 Å². The highest BCUT2D eigenvalue weighted by molar-refractivity contribution is 5.70. The predicted octanol–water partition coefficient (Wildman–Crippen LogP) is 1.87. The Bertz CT molecular complexity index is 651. The van der Waals surface area contributed by atoms with E-state index in [0.717, 1.165) is 42.7 Å². The molecule has 2 aliphatic carbocycles. The summed E-state index contributed by atoms with van der Waals surface area (Å²) in [5.74, 6) is 1.03. The summed E-state index contributed by atoms with van der Waals surface area (Å²) in [6, 6.07) is 2.82. The first kappa shape index (κ1) is 12.9. The van der Waals surface area contributed by atoms with Gasteiger partial charge in [-0.05, 0) is 38.5 Å². The first-order valence-electron chi connectivity index (χ1n) is 7.87. The lowest BCUT2D eigenvalue weighted by molar-refractivity contribution is 0.391. The van der Waals surface area contributed by atoms with Crippen LogP contribution in [0.4, 0.5) is 11.5 Å². The SMILES string of the molecule is Nc1cc(NC2CC2)c2nc(C3CCC(N)CC3)cn2n1. The number of fused-ring (bicyclic) bond motifs is 1. The number of hydrogen-bond acceptors (Lipinski definition) is 5. The third-order valence-corrected chi connectivity index (χ3v) is 4.59. The largest absolute Gasteiger partial charge is 0.382 e. The molecule has 0 aliphatic heterocycles. The molecule has 2 fully saturated rings. The van der Waals surface area contributed by atoms with Crippen LogP contribution in [0.2, 0.25) is 0 Å². The van der Waals surface area contributed by atoms with Crippen molar-refractivity contribution in [3.8, 4) is 0 Å². The zero-order valence-corrected chi connectivity index (χ0v) is 12.1. The molecule has 2 aliphatic rings. The molecule has 2 aromatic rings. The van der Waals surface area contributed by atoms with Crippen LogP contribution in [0.5, 0.6) is 0 Å². The van der Waals surface area contributed by atoms with E-state index in [0.29, 0.717) is 23.8 Å². The Labute approximate surface area is 123 Å². The number of nitrogens with zero attached hydrogens (tertiary/aromatic N) is 3. The number of rotatable bonds is 3. The van der Waals surface area contributed by atoms with Crippen LogP contribution in [0.3, 0.4) is 0 Å². The van der Waals surface area contributed by atoms with Gasteiger partial charge in [0.25, 0.3) is 0 Å². The molecule has 0 amide bonds. The molecule has 0 bridgehead atoms. The van der Waals surface area contributed by atoms with Crippen LogP contribution in [-0.2, 0) is 0 Å². The molecule has 112 valence electrons. The van der Waals surface area contributed by atoms with E-state index in [9.17, 15) is 0 Å². The highest BCUT2D eigenvalue weighted by Gasteiger charge is 2.25. The standard InChI is InChI=1S/C15H22N6/c16-10-3-1-9(2-4-10)13-8-21-15(19-13)12(7-14(17)20-21)18-11-5-6-11/h7-11,18H,1-6,16H2,(H2,17,20). The zero-order chi connectivity index (χ0) is 14.4. The third kappa shape index (κ3) is 2.55. The normalized spacial score (nSPS) is 26.1. The smallest absolute Gasteiger partial charge is 0.177 e. The number of aromatic nitrogens is 3. The molecule has 2 aromatic heterocycles. The van der Waals surface area contributed by atoms with Gasteiger partial charge in [-0.1, -0.05) is 0 Å². The van der Waals surface area contributed by atoms with Crippen LogP contribution in [0.25, 0.3) is 5.65 Å². The first-order valence-corrected chi connectivity index (χ1v) is 7.87. The van der Waals surface area contributed by atoms with E-state index in [4.69, 9.17) is 16.5 Å². The Morgan fingerprint density at radius 3 is 2.62 bits per heavy atom. The fourth-order valence-electron chi connectivity index (χ4n) is 3.18. The van der Waals surface area contributed by atoms with E-state index in [1.54, 1.807) is 0 Å². The van der Waals surface area contributed by atoms with Crippen molar-refractivity contribution in [3.63, 3.8) is 0 Å². The minimum Gasteiger partial charge on any atom is -0.382 e. The molecular weight excluding hydrogens is 264 g/mol. The summed E-state index contributed by atoms with van der Waals surface area (Å²) in [4.78, 5) is 4.82. The van der Waals surface area contributed by atoms with Gasteiger partial charge < -0.3 is 16.8 Å². The van der Waals surface area contributed by atoms with Gasteiger partial charge in [-0.15, -0.1) is 5.10 Å². The maximum Gasteiger partial charge on any atom is 0.177 e. The van der Waals surface area contributed by atoms with Crippen LogP contribution in [0.15, 0.2) is 12.3 Å². The molecule has 0 saturated heterocycles. The summed E-state index contributed by atoms with van der Waals surface area (Å²) < 4.78 is 1.82. The average Bonchev–Trinajstić information content (AvgIpc) is 3.16. The fraction of sp³-hybridized carbons (Fsp3) is 0.600. The van der Waals surface area contributed by atoms with Gasteiger partial charge >= 0.3 is 0 Å². The lowest BCUT2D eigenvalue weighted by Crippen LogP contribution is -2.25. The van der Waals surface area contributed by atoms with Gasteiger partial charge in [0.15, 0.2) is 5.65 Å². The molecule has 0 unspecified atom stereocenters. The van der Waals surface area contributed by atoms with Crippen molar-refractivity contribution in [1.29, 1.82) is 0 Å². The summed E-state index contributed by atoms with van der Waals surface area (Å²) in [6.45, 7) is 0. The molecule has 0 spiro atoms. The molecular formula is C15H22N6. The first-order chi connectivity index (χ1) is 10.2. The van der Waals surface area contributed by atoms with Crippen LogP contribution < -0.4 is 16.8 Å². The average molecular weight is 286 g/mol. The van der Waals surface area contributed by atoms with Crippen molar-refractivity contribution in [2.45, 2.75) is 56.5 Å². The molecule has 6 heteroatoms. The molecule has 2 saturated carbocycles. The van der Waals surface area contributed by atoms with Crippen molar-refractivity contribution in [2.24, 2.45) is 5.73 Å². The van der Waals surface area contributed by atoms with Gasteiger partial charge in [0.1, 0.15) is 5.82 Å². The van der Waals surface area contributed by atoms with Gasteiger partial charge in [-0.25, -0.2) is 9.50 Å². The number of nitrogen functional groups attached to an aromatic ring is 1. The fourth-order valence-corrected chi connectivity index (χ4v) is 3.18. The summed E-state index contributed by atoms with van der Waals surface area (Å²) >= 11 is 0. The Kier molecular flexibility index (Phi) is 2.99. The second kappa shape index (κ2) is 4.87. The Balaban J connectivity index is 1.68. The molecule has 2 heterocycles. The summed E-state index contributed by atoms with van der Waals surface area (Å²) in [5, 5.41) is 7.86. The monoisotopic (exact) mass is 286 g/mol. The van der Waals surface area contributed by atoms with Crippen LogP contribution in [0, 0.1) is 0 Å². The quantitative estimate of drug-likeness (QED) is 0.800. The van der Waals surface area contributed by atoms with Gasteiger partial charge in [0, 0.05) is 24.1 Å². The van der Waals surface area contributed by atoms with Crippen LogP contribution in [0.1, 0.15) is 50.1 Å². The molecule has 0 atom stereocenters. The lowest BCUT2D eigenvalue weighted by atomic mass is 9.85. The highest BCUT2D eigenvalue weighted by Crippen LogP contribution is 2.33. The molecule has 4 rings (SSSR count). The highest BCUT2D eigenvalue weighted by atomic mass is 15.3. The van der Waals surface area contributed by atoms with E-state index in [1.807, 2.05) is 16.8 Å². The molecule has 0 aromatic carbocycles. The number of nitrogens with two attached hydrogens (primary N) is 2. The molecule has 0 radical (unpaired) electrons. The van der Waals surface area contributed by atoms with E-state index < -0.39 is 0 Å². The minimum absolute atomic E-state index is 0.360. The summed E-state index contributed by atoms with van der Waals surface area (Å²) in [5.41, 5.74) is 14.9. The number of hydrogen-bond donors (Lipinski definition) is 3. The zero-order valence-electron chi connectivity index (χ0n) is 12.1. The van der Waals surface area contributed by atoms with Crippen molar-refractivity contribution >= 4 is 17.2 Å². The maximum atomic E-state index is 5.99. The number of imidazole rings is 1.